The highest BCUT2D eigenvalue weighted by atomic mass is 35.5. The number of carbonyl (C=O) groups excluding carboxylic acids is 2. The van der Waals surface area contributed by atoms with Gasteiger partial charge in [0, 0.05) is 27.2 Å². The number of aryl methyl sites for hydroxylation is 1. The molecule has 0 radical (unpaired) electrons. The van der Waals surface area contributed by atoms with E-state index in [1.807, 2.05) is 25.1 Å². The van der Waals surface area contributed by atoms with Gasteiger partial charge in [0.25, 0.3) is 5.91 Å². The van der Waals surface area contributed by atoms with E-state index in [2.05, 4.69) is 15.8 Å². The molecule has 1 atom stereocenters. The number of amides is 2. The van der Waals surface area contributed by atoms with E-state index in [9.17, 15) is 9.59 Å². The van der Waals surface area contributed by atoms with Crippen LogP contribution in [0.1, 0.15) is 29.5 Å². The third kappa shape index (κ3) is 5.85. The van der Waals surface area contributed by atoms with Gasteiger partial charge in [0.2, 0.25) is 5.91 Å². The van der Waals surface area contributed by atoms with Crippen molar-refractivity contribution in [2.45, 2.75) is 30.4 Å². The molecule has 1 aromatic heterocycles. The van der Waals surface area contributed by atoms with Gasteiger partial charge in [0.05, 0.1) is 5.25 Å². The third-order valence-electron chi connectivity index (χ3n) is 4.00. The second-order valence-corrected chi connectivity index (χ2v) is 8.03. The van der Waals surface area contributed by atoms with Crippen molar-refractivity contribution in [1.82, 2.24) is 5.16 Å². The number of benzene rings is 2. The minimum absolute atomic E-state index is 0.154. The minimum Gasteiger partial charge on any atom is -0.360 e. The molecule has 29 heavy (non-hydrogen) atoms. The van der Waals surface area contributed by atoms with Crippen molar-refractivity contribution in [3.05, 3.63) is 70.9 Å². The average molecular weight is 430 g/mol. The van der Waals surface area contributed by atoms with Crippen LogP contribution in [0.4, 0.5) is 11.5 Å². The predicted octanol–water partition coefficient (Wildman–Crippen LogP) is 5.40. The number of aromatic nitrogens is 1. The van der Waals surface area contributed by atoms with E-state index in [0.717, 1.165) is 4.90 Å². The Balaban J connectivity index is 1.66. The van der Waals surface area contributed by atoms with Crippen LogP contribution >= 0.6 is 23.4 Å². The summed E-state index contributed by atoms with van der Waals surface area (Å²) in [4.78, 5) is 25.8. The lowest BCUT2D eigenvalue weighted by Crippen LogP contribution is -2.24. The maximum atomic E-state index is 12.5. The lowest BCUT2D eigenvalue weighted by Gasteiger charge is -2.14. The second kappa shape index (κ2) is 9.62. The maximum Gasteiger partial charge on any atom is 0.255 e. The Hall–Kier alpha value is -2.77. The van der Waals surface area contributed by atoms with Gasteiger partial charge < -0.3 is 15.2 Å². The van der Waals surface area contributed by atoms with Crippen LogP contribution in [0, 0.1) is 6.92 Å². The van der Waals surface area contributed by atoms with Crippen molar-refractivity contribution >= 4 is 46.7 Å². The molecule has 0 bridgehead atoms. The number of nitrogens with one attached hydrogen (secondary N) is 2. The average Bonchev–Trinajstić information content (AvgIpc) is 3.11. The summed E-state index contributed by atoms with van der Waals surface area (Å²) in [7, 11) is 0. The first-order chi connectivity index (χ1) is 13.9. The third-order valence-corrected chi connectivity index (χ3v) is 5.59. The van der Waals surface area contributed by atoms with Gasteiger partial charge >= 0.3 is 0 Å². The topological polar surface area (TPSA) is 84.2 Å². The van der Waals surface area contributed by atoms with E-state index >= 15 is 0 Å². The zero-order valence-electron chi connectivity index (χ0n) is 15.9. The first-order valence-corrected chi connectivity index (χ1v) is 10.3. The van der Waals surface area contributed by atoms with Gasteiger partial charge in [-0.25, -0.2) is 0 Å². The zero-order chi connectivity index (χ0) is 20.8. The molecule has 2 N–H and O–H groups in total. The van der Waals surface area contributed by atoms with Crippen molar-refractivity contribution in [2.75, 3.05) is 10.6 Å². The van der Waals surface area contributed by atoms with Crippen LogP contribution < -0.4 is 10.6 Å². The number of nitrogens with zero attached hydrogens (tertiary/aromatic N) is 1. The Morgan fingerprint density at radius 3 is 2.62 bits per heavy atom. The first-order valence-electron chi connectivity index (χ1n) is 9.02. The van der Waals surface area contributed by atoms with Crippen LogP contribution in [0.25, 0.3) is 0 Å². The Morgan fingerprint density at radius 2 is 1.93 bits per heavy atom. The molecule has 0 aliphatic carbocycles. The van der Waals surface area contributed by atoms with Crippen LogP contribution in [0.3, 0.4) is 0 Å². The van der Waals surface area contributed by atoms with Crippen molar-refractivity contribution < 1.29 is 14.1 Å². The Kier molecular flexibility index (Phi) is 6.95. The second-order valence-electron chi connectivity index (χ2n) is 6.32. The van der Waals surface area contributed by atoms with Gasteiger partial charge in [-0.3, -0.25) is 9.59 Å². The largest absolute Gasteiger partial charge is 0.360 e. The summed E-state index contributed by atoms with van der Waals surface area (Å²) in [6.45, 7) is 3.70. The summed E-state index contributed by atoms with van der Waals surface area (Å²) in [6.07, 6.45) is 0.631. The molecule has 0 spiro atoms. The molecular formula is C21H20ClN3O3S. The van der Waals surface area contributed by atoms with Gasteiger partial charge in [0.15, 0.2) is 5.82 Å². The maximum absolute atomic E-state index is 12.5. The van der Waals surface area contributed by atoms with Crippen molar-refractivity contribution in [3.63, 3.8) is 0 Å². The molecule has 0 aliphatic heterocycles. The van der Waals surface area contributed by atoms with E-state index in [-0.39, 0.29) is 17.1 Å². The summed E-state index contributed by atoms with van der Waals surface area (Å²) in [5.74, 6) is 0.623. The molecule has 3 rings (SSSR count). The highest BCUT2D eigenvalue weighted by Gasteiger charge is 2.19. The number of hydrogen-bond acceptors (Lipinski definition) is 5. The van der Waals surface area contributed by atoms with Gasteiger partial charge in [-0.1, -0.05) is 35.8 Å². The molecule has 8 heteroatoms. The molecule has 0 saturated heterocycles. The van der Waals surface area contributed by atoms with E-state index in [4.69, 9.17) is 16.1 Å². The van der Waals surface area contributed by atoms with E-state index in [1.165, 1.54) is 11.8 Å². The molecule has 6 nitrogen and oxygen atoms in total. The fourth-order valence-corrected chi connectivity index (χ4v) is 3.80. The summed E-state index contributed by atoms with van der Waals surface area (Å²) in [6, 6.07) is 15.8. The number of anilines is 2. The van der Waals surface area contributed by atoms with Gasteiger partial charge in [-0.2, -0.15) is 0 Å². The van der Waals surface area contributed by atoms with E-state index in [0.29, 0.717) is 34.3 Å². The standard InChI is InChI=1S/C21H20ClN3O3S/c1-3-18(21(27)24-19-10-13(2)28-25-19)29-17-9-5-8-16(12-17)23-20(26)14-6-4-7-15(22)11-14/h4-12,18H,3H2,1-2H3,(H,23,26)(H,24,25,27). The predicted molar refractivity (Wildman–Crippen MR) is 116 cm³/mol. The van der Waals surface area contributed by atoms with E-state index < -0.39 is 0 Å². The Bertz CT molecular complexity index is 1020. The van der Waals surface area contributed by atoms with Crippen molar-refractivity contribution in [3.8, 4) is 0 Å². The zero-order valence-corrected chi connectivity index (χ0v) is 17.5. The summed E-state index contributed by atoms with van der Waals surface area (Å²) in [5, 5.41) is 9.59. The molecule has 0 fully saturated rings. The van der Waals surface area contributed by atoms with Gasteiger partial charge in [-0.15, -0.1) is 11.8 Å². The molecule has 2 amide bonds. The van der Waals surface area contributed by atoms with Crippen LogP contribution in [0.5, 0.6) is 0 Å². The van der Waals surface area contributed by atoms with Crippen LogP contribution in [0.15, 0.2) is 64.0 Å². The summed E-state index contributed by atoms with van der Waals surface area (Å²) >= 11 is 7.37. The lowest BCUT2D eigenvalue weighted by atomic mass is 10.2. The number of carbonyl (C=O) groups is 2. The summed E-state index contributed by atoms with van der Waals surface area (Å²) in [5.41, 5.74) is 1.12. The summed E-state index contributed by atoms with van der Waals surface area (Å²) < 4.78 is 4.97. The smallest absolute Gasteiger partial charge is 0.255 e. The molecule has 1 unspecified atom stereocenters. The molecule has 1 heterocycles. The molecular weight excluding hydrogens is 410 g/mol. The molecule has 2 aromatic carbocycles. The fraction of sp³-hybridized carbons (Fsp3) is 0.190. The lowest BCUT2D eigenvalue weighted by molar-refractivity contribution is -0.115. The van der Waals surface area contributed by atoms with Gasteiger partial charge in [-0.05, 0) is 49.7 Å². The number of hydrogen-bond donors (Lipinski definition) is 2. The first kappa shape index (κ1) is 21.0. The SMILES string of the molecule is CCC(Sc1cccc(NC(=O)c2cccc(Cl)c2)c1)C(=O)Nc1cc(C)on1. The quantitative estimate of drug-likeness (QED) is 0.491. The molecule has 150 valence electrons. The molecule has 0 aliphatic rings. The number of halogens is 1. The molecule has 3 aromatic rings. The highest BCUT2D eigenvalue weighted by Crippen LogP contribution is 2.28. The van der Waals surface area contributed by atoms with Crippen LogP contribution in [0.2, 0.25) is 5.02 Å². The highest BCUT2D eigenvalue weighted by molar-refractivity contribution is 8.00. The normalized spacial score (nSPS) is 11.7. The molecule has 0 saturated carbocycles. The number of thioether (sulfide) groups is 1. The Labute approximate surface area is 178 Å². The van der Waals surface area contributed by atoms with Crippen molar-refractivity contribution in [1.29, 1.82) is 0 Å². The fourth-order valence-electron chi connectivity index (χ4n) is 2.60. The number of rotatable bonds is 7. The van der Waals surface area contributed by atoms with Gasteiger partial charge in [0.1, 0.15) is 5.76 Å². The minimum atomic E-state index is -0.314. The monoisotopic (exact) mass is 429 g/mol. The van der Waals surface area contributed by atoms with Crippen molar-refractivity contribution in [2.24, 2.45) is 0 Å². The Morgan fingerprint density at radius 1 is 1.14 bits per heavy atom. The van der Waals surface area contributed by atoms with Crippen LogP contribution in [-0.2, 0) is 4.79 Å². The van der Waals surface area contributed by atoms with Crippen LogP contribution in [-0.4, -0.2) is 22.2 Å². The van der Waals surface area contributed by atoms with E-state index in [1.54, 1.807) is 43.3 Å².